The van der Waals surface area contributed by atoms with Crippen LogP contribution in [0.2, 0.25) is 0 Å². The van der Waals surface area contributed by atoms with Crippen molar-refractivity contribution in [3.8, 4) is 0 Å². The first kappa shape index (κ1) is 15.1. The molecule has 0 amide bonds. The van der Waals surface area contributed by atoms with Crippen molar-refractivity contribution in [2.24, 2.45) is 15.6 Å². The first-order valence-corrected chi connectivity index (χ1v) is 7.04. The van der Waals surface area contributed by atoms with Crippen LogP contribution in [-0.2, 0) is 11.2 Å². The van der Waals surface area contributed by atoms with Crippen molar-refractivity contribution in [3.63, 3.8) is 0 Å². The molecule has 0 heterocycles. The predicted octanol–water partition coefficient (Wildman–Crippen LogP) is 5.26. The van der Waals surface area contributed by atoms with E-state index < -0.39 is 0 Å². The zero-order valence-electron chi connectivity index (χ0n) is 12.7. The van der Waals surface area contributed by atoms with Crippen molar-refractivity contribution in [2.45, 2.75) is 27.2 Å². The second kappa shape index (κ2) is 6.44. The van der Waals surface area contributed by atoms with Crippen molar-refractivity contribution in [1.82, 2.24) is 0 Å². The molecule has 0 spiro atoms. The molecule has 0 unspecified atom stereocenters. The van der Waals surface area contributed by atoms with E-state index in [1.54, 1.807) is 0 Å². The Kier molecular flexibility index (Phi) is 4.63. The smallest absolute Gasteiger partial charge is 0.142 e. The van der Waals surface area contributed by atoms with Crippen LogP contribution in [0.4, 0.5) is 11.4 Å². The highest BCUT2D eigenvalue weighted by Gasteiger charge is 2.20. The van der Waals surface area contributed by atoms with Gasteiger partial charge in [-0.25, -0.2) is 0 Å². The van der Waals surface area contributed by atoms with Crippen LogP contribution in [0.25, 0.3) is 0 Å². The highest BCUT2D eigenvalue weighted by Crippen LogP contribution is 2.21. The molecule has 0 atom stereocenters. The molecule has 0 aromatic heterocycles. The number of azo groups is 1. The molecule has 2 rings (SSSR count). The van der Waals surface area contributed by atoms with E-state index in [2.05, 4.69) is 10.2 Å². The van der Waals surface area contributed by atoms with Gasteiger partial charge in [0.05, 0.1) is 11.4 Å². The summed E-state index contributed by atoms with van der Waals surface area (Å²) in [7, 11) is 0. The zero-order chi connectivity index (χ0) is 15.3. The van der Waals surface area contributed by atoms with E-state index in [9.17, 15) is 4.79 Å². The van der Waals surface area contributed by atoms with Gasteiger partial charge in [0.1, 0.15) is 5.78 Å². The summed E-state index contributed by atoms with van der Waals surface area (Å²) in [5, 5.41) is 8.35. The Labute approximate surface area is 125 Å². The highest BCUT2D eigenvalue weighted by molar-refractivity contribution is 5.85. The lowest BCUT2D eigenvalue weighted by atomic mass is 9.87. The van der Waals surface area contributed by atoms with Crippen LogP contribution >= 0.6 is 0 Å². The van der Waals surface area contributed by atoms with Crippen LogP contribution in [0.15, 0.2) is 64.8 Å². The molecule has 0 aliphatic heterocycles. The van der Waals surface area contributed by atoms with Crippen molar-refractivity contribution in [1.29, 1.82) is 0 Å². The lowest BCUT2D eigenvalue weighted by molar-refractivity contribution is -0.125. The number of ketones is 1. The molecule has 0 radical (unpaired) electrons. The van der Waals surface area contributed by atoms with Gasteiger partial charge >= 0.3 is 0 Å². The van der Waals surface area contributed by atoms with E-state index >= 15 is 0 Å². The number of Topliss-reactive ketones (excluding diaryl/α,β-unsaturated/α-hetero) is 1. The molecule has 3 nitrogen and oxygen atoms in total. The Morgan fingerprint density at radius 2 is 1.38 bits per heavy atom. The first-order valence-electron chi connectivity index (χ1n) is 7.04. The van der Waals surface area contributed by atoms with Crippen LogP contribution in [0.1, 0.15) is 26.3 Å². The van der Waals surface area contributed by atoms with Crippen LogP contribution in [-0.4, -0.2) is 5.78 Å². The van der Waals surface area contributed by atoms with Crippen molar-refractivity contribution >= 4 is 17.2 Å². The average molecular weight is 280 g/mol. The van der Waals surface area contributed by atoms with Gasteiger partial charge in [0.25, 0.3) is 0 Å². The third-order valence-electron chi connectivity index (χ3n) is 3.17. The number of hydrogen-bond donors (Lipinski definition) is 0. The summed E-state index contributed by atoms with van der Waals surface area (Å²) in [6, 6.07) is 17.2. The van der Waals surface area contributed by atoms with E-state index in [0.29, 0.717) is 6.42 Å². The molecular weight excluding hydrogens is 260 g/mol. The molecule has 0 fully saturated rings. The summed E-state index contributed by atoms with van der Waals surface area (Å²) >= 11 is 0. The molecule has 0 saturated heterocycles. The zero-order valence-corrected chi connectivity index (χ0v) is 12.7. The second-order valence-corrected chi connectivity index (χ2v) is 6.05. The Hall–Kier alpha value is -2.29. The summed E-state index contributed by atoms with van der Waals surface area (Å²) < 4.78 is 0. The van der Waals surface area contributed by atoms with E-state index in [0.717, 1.165) is 16.9 Å². The van der Waals surface area contributed by atoms with Gasteiger partial charge in [0, 0.05) is 11.8 Å². The predicted molar refractivity (Wildman–Crippen MR) is 85.2 cm³/mol. The quantitative estimate of drug-likeness (QED) is 0.704. The lowest BCUT2D eigenvalue weighted by Gasteiger charge is -2.16. The van der Waals surface area contributed by atoms with Crippen LogP contribution in [0.5, 0.6) is 0 Å². The Balaban J connectivity index is 2.03. The van der Waals surface area contributed by atoms with Gasteiger partial charge in [0.15, 0.2) is 0 Å². The van der Waals surface area contributed by atoms with Crippen molar-refractivity contribution in [2.75, 3.05) is 0 Å². The van der Waals surface area contributed by atoms with Gasteiger partial charge in [-0.1, -0.05) is 51.1 Å². The first-order chi connectivity index (χ1) is 9.95. The summed E-state index contributed by atoms with van der Waals surface area (Å²) in [5.41, 5.74) is 2.31. The summed E-state index contributed by atoms with van der Waals surface area (Å²) in [5.74, 6) is 0.237. The third-order valence-corrected chi connectivity index (χ3v) is 3.17. The number of carbonyl (C=O) groups excluding carboxylic acids is 1. The second-order valence-electron chi connectivity index (χ2n) is 6.05. The minimum absolute atomic E-state index is 0.237. The van der Waals surface area contributed by atoms with Gasteiger partial charge in [-0.15, -0.1) is 0 Å². The average Bonchev–Trinajstić information content (AvgIpc) is 2.46. The van der Waals surface area contributed by atoms with Crippen LogP contribution < -0.4 is 0 Å². The normalized spacial score (nSPS) is 11.8. The van der Waals surface area contributed by atoms with Gasteiger partial charge in [-0.05, 0) is 29.8 Å². The Morgan fingerprint density at radius 1 is 0.857 bits per heavy atom. The molecule has 3 heteroatoms. The number of rotatable bonds is 4. The standard InChI is InChI=1S/C18H20N2O/c1-18(2,3)17(21)13-14-9-11-16(12-10-14)20-19-15-7-5-4-6-8-15/h4-12H,13H2,1-3H3. The largest absolute Gasteiger partial charge is 0.299 e. The third kappa shape index (κ3) is 4.63. The molecule has 0 bridgehead atoms. The minimum atomic E-state index is -0.300. The van der Waals surface area contributed by atoms with Crippen molar-refractivity contribution < 1.29 is 4.79 Å². The highest BCUT2D eigenvalue weighted by atomic mass is 16.1. The molecular formula is C18H20N2O. The van der Waals surface area contributed by atoms with Gasteiger partial charge in [-0.2, -0.15) is 10.2 Å². The van der Waals surface area contributed by atoms with Crippen LogP contribution in [0.3, 0.4) is 0 Å². The fourth-order valence-corrected chi connectivity index (χ4v) is 1.74. The fraction of sp³-hybridized carbons (Fsp3) is 0.278. The molecule has 0 N–H and O–H groups in total. The van der Waals surface area contributed by atoms with Gasteiger partial charge in [-0.3, -0.25) is 4.79 Å². The molecule has 2 aromatic carbocycles. The molecule has 0 aliphatic rings. The summed E-state index contributed by atoms with van der Waals surface area (Å²) in [4.78, 5) is 12.0. The lowest BCUT2D eigenvalue weighted by Crippen LogP contribution is -2.21. The number of benzene rings is 2. The van der Waals surface area contributed by atoms with Crippen LogP contribution in [0, 0.1) is 5.41 Å². The monoisotopic (exact) mass is 280 g/mol. The molecule has 0 saturated carbocycles. The molecule has 2 aromatic rings. The van der Waals surface area contributed by atoms with E-state index in [4.69, 9.17) is 0 Å². The maximum atomic E-state index is 12.0. The summed E-state index contributed by atoms with van der Waals surface area (Å²) in [6.45, 7) is 5.83. The SMILES string of the molecule is CC(C)(C)C(=O)Cc1ccc(N=Nc2ccccc2)cc1. The van der Waals surface area contributed by atoms with Gasteiger partial charge in [0.2, 0.25) is 0 Å². The molecule has 21 heavy (non-hydrogen) atoms. The fourth-order valence-electron chi connectivity index (χ4n) is 1.74. The number of carbonyl (C=O) groups is 1. The maximum absolute atomic E-state index is 12.0. The topological polar surface area (TPSA) is 41.8 Å². The van der Waals surface area contributed by atoms with E-state index in [1.165, 1.54) is 0 Å². The maximum Gasteiger partial charge on any atom is 0.142 e. The van der Waals surface area contributed by atoms with E-state index in [1.807, 2.05) is 75.4 Å². The Morgan fingerprint density at radius 3 is 1.90 bits per heavy atom. The molecule has 0 aliphatic carbocycles. The number of nitrogens with zero attached hydrogens (tertiary/aromatic N) is 2. The summed E-state index contributed by atoms with van der Waals surface area (Å²) in [6.07, 6.45) is 0.458. The Bertz CT molecular complexity index is 623. The van der Waals surface area contributed by atoms with Gasteiger partial charge < -0.3 is 0 Å². The van der Waals surface area contributed by atoms with Crippen molar-refractivity contribution in [3.05, 3.63) is 60.2 Å². The molecule has 108 valence electrons. The van der Waals surface area contributed by atoms with E-state index in [-0.39, 0.29) is 11.2 Å². The minimum Gasteiger partial charge on any atom is -0.299 e. The number of hydrogen-bond acceptors (Lipinski definition) is 3.